The van der Waals surface area contributed by atoms with Gasteiger partial charge in [-0.25, -0.2) is 0 Å². The highest BCUT2D eigenvalue weighted by Crippen LogP contribution is 2.24. The van der Waals surface area contributed by atoms with Gasteiger partial charge in [0.15, 0.2) is 0 Å². The van der Waals surface area contributed by atoms with Crippen molar-refractivity contribution in [3.63, 3.8) is 0 Å². The number of amides is 1. The fraction of sp³-hybridized carbons (Fsp3) is 0.188. The first-order chi connectivity index (χ1) is 10.2. The average molecular weight is 340 g/mol. The third-order valence-electron chi connectivity index (χ3n) is 2.81. The molecule has 0 bridgehead atoms. The number of hydrogen-bond donors (Lipinski definition) is 1. The number of thioether (sulfide) groups is 1. The maximum Gasteiger partial charge on any atom is 0.252 e. The highest BCUT2D eigenvalue weighted by atomic mass is 35.5. The predicted molar refractivity (Wildman–Crippen MR) is 90.9 cm³/mol. The summed E-state index contributed by atoms with van der Waals surface area (Å²) in [6.45, 7) is 0. The minimum absolute atomic E-state index is 0.174. The molecule has 2 aromatic rings. The van der Waals surface area contributed by atoms with E-state index in [4.69, 9.17) is 23.2 Å². The summed E-state index contributed by atoms with van der Waals surface area (Å²) in [4.78, 5) is 11.5. The van der Waals surface area contributed by atoms with Gasteiger partial charge in [0.1, 0.15) is 10.2 Å². The van der Waals surface area contributed by atoms with E-state index in [1.54, 1.807) is 12.1 Å². The molecule has 1 N–H and O–H groups in total. The average Bonchev–Trinajstić information content (AvgIpc) is 2.52. The van der Waals surface area contributed by atoms with E-state index >= 15 is 0 Å². The van der Waals surface area contributed by atoms with E-state index in [9.17, 15) is 4.79 Å². The molecule has 1 atom stereocenters. The van der Waals surface area contributed by atoms with Gasteiger partial charge >= 0.3 is 0 Å². The summed E-state index contributed by atoms with van der Waals surface area (Å²) in [5, 5.41) is 2.50. The number of rotatable bonds is 6. The Hall–Kier alpha value is -1.16. The van der Waals surface area contributed by atoms with Gasteiger partial charge in [-0.1, -0.05) is 48.5 Å². The highest BCUT2D eigenvalue weighted by molar-refractivity contribution is 7.99. The molecule has 0 aromatic heterocycles. The summed E-state index contributed by atoms with van der Waals surface area (Å²) in [5.74, 6) is 0.559. The number of hydrogen-bond acceptors (Lipinski definition) is 2. The van der Waals surface area contributed by atoms with Crippen molar-refractivity contribution in [1.29, 1.82) is 0 Å². The van der Waals surface area contributed by atoms with Crippen molar-refractivity contribution < 1.29 is 4.79 Å². The Morgan fingerprint density at radius 1 is 1.00 bits per heavy atom. The zero-order valence-corrected chi connectivity index (χ0v) is 13.5. The first-order valence-corrected chi connectivity index (χ1v) is 8.38. The lowest BCUT2D eigenvalue weighted by Gasteiger charge is -2.19. The molecule has 1 amide bonds. The second kappa shape index (κ2) is 8.32. The molecule has 2 rings (SSSR count). The lowest BCUT2D eigenvalue weighted by molar-refractivity contribution is 0.0951. The smallest absolute Gasteiger partial charge is 0.252 e. The van der Waals surface area contributed by atoms with Crippen LogP contribution in [0, 0.1) is 0 Å². The van der Waals surface area contributed by atoms with Gasteiger partial charge in [-0.05, 0) is 17.7 Å². The van der Waals surface area contributed by atoms with Crippen LogP contribution in [0.3, 0.4) is 0 Å². The Balaban J connectivity index is 1.95. The van der Waals surface area contributed by atoms with Gasteiger partial charge in [-0.2, -0.15) is 0 Å². The van der Waals surface area contributed by atoms with Crippen LogP contribution in [0.1, 0.15) is 15.9 Å². The fourth-order valence-corrected chi connectivity index (χ4v) is 3.20. The first-order valence-electron chi connectivity index (χ1n) is 6.46. The van der Waals surface area contributed by atoms with Gasteiger partial charge in [0.05, 0.1) is 0 Å². The fourth-order valence-electron chi connectivity index (χ4n) is 1.74. The van der Waals surface area contributed by atoms with Gasteiger partial charge in [-0.3, -0.25) is 4.79 Å². The molecule has 0 aliphatic heterocycles. The van der Waals surface area contributed by atoms with E-state index in [0.717, 1.165) is 11.3 Å². The molecule has 0 radical (unpaired) electrons. The number of halogens is 2. The third kappa shape index (κ3) is 5.27. The molecule has 21 heavy (non-hydrogen) atoms. The third-order valence-corrected chi connectivity index (χ3v) is 4.86. The number of carbonyl (C=O) groups excluding carboxylic acids is 1. The van der Waals surface area contributed by atoms with Crippen LogP contribution in [0.4, 0.5) is 0 Å². The SMILES string of the molecule is O=C(NC(SCc1ccccc1)C(Cl)Cl)c1ccccc1. The predicted octanol–water partition coefficient (Wildman–Crippen LogP) is 4.48. The molecule has 0 aliphatic carbocycles. The molecule has 2 nitrogen and oxygen atoms in total. The number of alkyl halides is 2. The molecule has 0 aliphatic rings. The molecule has 0 heterocycles. The van der Waals surface area contributed by atoms with Gasteiger partial charge in [0.25, 0.3) is 5.91 Å². The van der Waals surface area contributed by atoms with Crippen LogP contribution in [0.2, 0.25) is 0 Å². The molecule has 110 valence electrons. The van der Waals surface area contributed by atoms with Crippen molar-refractivity contribution in [2.24, 2.45) is 0 Å². The van der Waals surface area contributed by atoms with E-state index in [1.165, 1.54) is 11.8 Å². The molecule has 2 aromatic carbocycles. The highest BCUT2D eigenvalue weighted by Gasteiger charge is 2.20. The van der Waals surface area contributed by atoms with E-state index in [-0.39, 0.29) is 11.3 Å². The van der Waals surface area contributed by atoms with Crippen LogP contribution in [-0.2, 0) is 5.75 Å². The summed E-state index contributed by atoms with van der Waals surface area (Å²) in [6.07, 6.45) is 0. The van der Waals surface area contributed by atoms with Crippen molar-refractivity contribution in [1.82, 2.24) is 5.32 Å². The summed E-state index contributed by atoms with van der Waals surface area (Å²) in [7, 11) is 0. The monoisotopic (exact) mass is 339 g/mol. The zero-order chi connectivity index (χ0) is 15.1. The maximum absolute atomic E-state index is 12.1. The molecular formula is C16H15Cl2NOS. The molecular weight excluding hydrogens is 325 g/mol. The molecule has 5 heteroatoms. The zero-order valence-electron chi connectivity index (χ0n) is 11.2. The number of carbonyl (C=O) groups is 1. The first kappa shape index (κ1) is 16.2. The minimum Gasteiger partial charge on any atom is -0.337 e. The van der Waals surface area contributed by atoms with Crippen LogP contribution in [0.25, 0.3) is 0 Å². The van der Waals surface area contributed by atoms with Crippen molar-refractivity contribution in [3.8, 4) is 0 Å². The van der Waals surface area contributed by atoms with Crippen LogP contribution >= 0.6 is 35.0 Å². The van der Waals surface area contributed by atoms with E-state index < -0.39 is 4.84 Å². The molecule has 1 unspecified atom stereocenters. The number of nitrogens with one attached hydrogen (secondary N) is 1. The Kier molecular flexibility index (Phi) is 6.43. The van der Waals surface area contributed by atoms with Crippen LogP contribution in [0.15, 0.2) is 60.7 Å². The van der Waals surface area contributed by atoms with Gasteiger partial charge in [0.2, 0.25) is 0 Å². The summed E-state index contributed by atoms with van der Waals surface area (Å²) < 4.78 is 0. The summed E-state index contributed by atoms with van der Waals surface area (Å²) in [5.41, 5.74) is 1.76. The molecule has 0 saturated carbocycles. The maximum atomic E-state index is 12.1. The lowest BCUT2D eigenvalue weighted by Crippen LogP contribution is -2.36. The standard InChI is InChI=1S/C16H15Cl2NOS/c17-14(18)16(21-11-12-7-3-1-4-8-12)19-15(20)13-9-5-2-6-10-13/h1-10,14,16H,11H2,(H,19,20). The van der Waals surface area contributed by atoms with Crippen LogP contribution in [0.5, 0.6) is 0 Å². The Bertz CT molecular complexity index is 563. The normalized spacial score (nSPS) is 12.1. The largest absolute Gasteiger partial charge is 0.337 e. The van der Waals surface area contributed by atoms with Crippen molar-refractivity contribution >= 4 is 40.9 Å². The van der Waals surface area contributed by atoms with Crippen LogP contribution < -0.4 is 5.32 Å². The minimum atomic E-state index is -0.675. The Morgan fingerprint density at radius 3 is 2.14 bits per heavy atom. The molecule has 0 fully saturated rings. The van der Waals surface area contributed by atoms with Crippen molar-refractivity contribution in [2.45, 2.75) is 16.0 Å². The van der Waals surface area contributed by atoms with E-state index in [1.807, 2.05) is 48.5 Å². The topological polar surface area (TPSA) is 29.1 Å². The van der Waals surface area contributed by atoms with E-state index in [0.29, 0.717) is 5.56 Å². The van der Waals surface area contributed by atoms with Crippen molar-refractivity contribution in [3.05, 3.63) is 71.8 Å². The summed E-state index contributed by atoms with van der Waals surface area (Å²) >= 11 is 13.5. The van der Waals surface area contributed by atoms with Gasteiger partial charge in [-0.15, -0.1) is 35.0 Å². The molecule has 0 saturated heterocycles. The second-order valence-corrected chi connectivity index (χ2v) is 6.68. The lowest BCUT2D eigenvalue weighted by atomic mass is 10.2. The van der Waals surface area contributed by atoms with E-state index in [2.05, 4.69) is 5.32 Å². The van der Waals surface area contributed by atoms with Crippen LogP contribution in [-0.4, -0.2) is 16.1 Å². The Labute approximate surface area is 138 Å². The van der Waals surface area contributed by atoms with Gasteiger partial charge < -0.3 is 5.32 Å². The molecule has 0 spiro atoms. The second-order valence-electron chi connectivity index (χ2n) is 4.39. The number of benzene rings is 2. The van der Waals surface area contributed by atoms with Gasteiger partial charge in [0, 0.05) is 11.3 Å². The summed E-state index contributed by atoms with van der Waals surface area (Å²) in [6, 6.07) is 19.0. The Morgan fingerprint density at radius 2 is 1.57 bits per heavy atom. The quantitative estimate of drug-likeness (QED) is 0.621. The van der Waals surface area contributed by atoms with Crippen molar-refractivity contribution in [2.75, 3.05) is 0 Å².